The normalized spacial score (nSPS) is 18.3. The minimum atomic E-state index is -0.679. The largest absolute Gasteiger partial charge is 0.489 e. The van der Waals surface area contributed by atoms with Crippen LogP contribution in [0.3, 0.4) is 0 Å². The number of amides is 1. The molecule has 5 nitrogen and oxygen atoms in total. The third kappa shape index (κ3) is 4.52. The summed E-state index contributed by atoms with van der Waals surface area (Å²) >= 11 is 0. The standard InChI is InChI=1S/C18H17F2NO2.CO2/c1-11-14(9-21-18(11)22)17-15(19)7-13(8-16(17)20)23-10-12-5-3-2-4-6-12;2-1-3/h2-8,11,14H,9-10H2,1H3,(H,21,22);/t11-,14+;/m0./s1. The van der Waals surface area contributed by atoms with E-state index in [0.29, 0.717) is 0 Å². The van der Waals surface area contributed by atoms with Crippen molar-refractivity contribution in [3.63, 3.8) is 0 Å². The van der Waals surface area contributed by atoms with Gasteiger partial charge < -0.3 is 10.1 Å². The van der Waals surface area contributed by atoms with Gasteiger partial charge in [-0.25, -0.2) is 8.78 Å². The van der Waals surface area contributed by atoms with Gasteiger partial charge in [0.05, 0.1) is 0 Å². The number of ether oxygens (including phenoxy) is 1. The smallest absolute Gasteiger partial charge is 0.373 e. The third-order valence-electron chi connectivity index (χ3n) is 4.19. The Balaban J connectivity index is 0.000000758. The van der Waals surface area contributed by atoms with E-state index >= 15 is 0 Å². The highest BCUT2D eigenvalue weighted by Gasteiger charge is 2.35. The van der Waals surface area contributed by atoms with Crippen LogP contribution in [-0.2, 0) is 21.0 Å². The van der Waals surface area contributed by atoms with Crippen LogP contribution in [-0.4, -0.2) is 18.6 Å². The van der Waals surface area contributed by atoms with Gasteiger partial charge in [-0.2, -0.15) is 9.59 Å². The van der Waals surface area contributed by atoms with Crippen molar-refractivity contribution in [2.24, 2.45) is 5.92 Å². The van der Waals surface area contributed by atoms with Crippen molar-refractivity contribution < 1.29 is 27.9 Å². The second-order valence-electron chi connectivity index (χ2n) is 5.80. The van der Waals surface area contributed by atoms with Crippen LogP contribution in [0, 0.1) is 17.6 Å². The van der Waals surface area contributed by atoms with Crippen LogP contribution < -0.4 is 10.1 Å². The first-order valence-electron chi connectivity index (χ1n) is 7.90. The number of carbonyl (C=O) groups is 1. The molecule has 0 radical (unpaired) electrons. The second-order valence-corrected chi connectivity index (χ2v) is 5.80. The summed E-state index contributed by atoms with van der Waals surface area (Å²) in [5.74, 6) is -2.35. The topological polar surface area (TPSA) is 72.5 Å². The van der Waals surface area contributed by atoms with Crippen molar-refractivity contribution in [2.75, 3.05) is 6.54 Å². The van der Waals surface area contributed by atoms with Crippen molar-refractivity contribution in [1.82, 2.24) is 5.32 Å². The van der Waals surface area contributed by atoms with E-state index in [1.165, 1.54) is 12.1 Å². The molecule has 1 N–H and O–H groups in total. The lowest BCUT2D eigenvalue weighted by Crippen LogP contribution is -2.17. The average molecular weight is 361 g/mol. The van der Waals surface area contributed by atoms with Gasteiger partial charge in [0.2, 0.25) is 5.91 Å². The van der Waals surface area contributed by atoms with Crippen molar-refractivity contribution in [2.45, 2.75) is 19.4 Å². The van der Waals surface area contributed by atoms with E-state index in [1.54, 1.807) is 6.92 Å². The van der Waals surface area contributed by atoms with Crippen LogP contribution in [0.25, 0.3) is 0 Å². The first kappa shape index (κ1) is 19.3. The molecule has 136 valence electrons. The molecule has 1 fully saturated rings. The molecule has 3 rings (SSSR count). The Hall–Kier alpha value is -3.05. The van der Waals surface area contributed by atoms with E-state index in [-0.39, 0.29) is 36.5 Å². The summed E-state index contributed by atoms with van der Waals surface area (Å²) < 4.78 is 34.1. The average Bonchev–Trinajstić information content (AvgIpc) is 2.94. The maximum Gasteiger partial charge on any atom is 0.373 e. The molecule has 1 amide bonds. The van der Waals surface area contributed by atoms with Gasteiger partial charge >= 0.3 is 6.15 Å². The highest BCUT2D eigenvalue weighted by atomic mass is 19.1. The van der Waals surface area contributed by atoms with Gasteiger partial charge in [-0.3, -0.25) is 4.79 Å². The Bertz CT molecular complexity index is 781. The minimum Gasteiger partial charge on any atom is -0.489 e. The molecule has 1 saturated heterocycles. The molecule has 0 aliphatic carbocycles. The van der Waals surface area contributed by atoms with E-state index in [4.69, 9.17) is 14.3 Å². The fraction of sp³-hybridized carbons (Fsp3) is 0.263. The van der Waals surface area contributed by atoms with Gasteiger partial charge in [-0.1, -0.05) is 37.3 Å². The fourth-order valence-corrected chi connectivity index (χ4v) is 2.82. The molecule has 0 aromatic heterocycles. The number of hydrogen-bond acceptors (Lipinski definition) is 4. The molecule has 1 aliphatic heterocycles. The van der Waals surface area contributed by atoms with E-state index in [1.807, 2.05) is 30.3 Å². The summed E-state index contributed by atoms with van der Waals surface area (Å²) in [6.07, 6.45) is 0.250. The molecule has 2 aromatic carbocycles. The van der Waals surface area contributed by atoms with Gasteiger partial charge in [0.25, 0.3) is 0 Å². The van der Waals surface area contributed by atoms with Gasteiger partial charge in [0.15, 0.2) is 0 Å². The number of carbonyl (C=O) groups excluding carboxylic acids is 3. The third-order valence-corrected chi connectivity index (χ3v) is 4.19. The Labute approximate surface area is 149 Å². The van der Waals surface area contributed by atoms with Crippen molar-refractivity contribution in [3.8, 4) is 5.75 Å². The summed E-state index contributed by atoms with van der Waals surface area (Å²) in [5, 5.41) is 2.63. The number of hydrogen-bond donors (Lipinski definition) is 1. The predicted octanol–water partition coefficient (Wildman–Crippen LogP) is 2.81. The van der Waals surface area contributed by atoms with E-state index in [9.17, 15) is 13.6 Å². The number of rotatable bonds is 4. The molecular formula is C19H17F2NO4. The monoisotopic (exact) mass is 361 g/mol. The summed E-state index contributed by atoms with van der Waals surface area (Å²) in [7, 11) is 0. The van der Waals surface area contributed by atoms with Crippen LogP contribution in [0.5, 0.6) is 5.75 Å². The highest BCUT2D eigenvalue weighted by molar-refractivity contribution is 5.82. The molecule has 0 saturated carbocycles. The maximum atomic E-state index is 14.3. The summed E-state index contributed by atoms with van der Waals surface area (Å²) in [6.45, 7) is 2.16. The first-order valence-corrected chi connectivity index (χ1v) is 7.90. The molecule has 1 heterocycles. The summed E-state index contributed by atoms with van der Waals surface area (Å²) in [4.78, 5) is 27.8. The predicted molar refractivity (Wildman–Crippen MR) is 87.1 cm³/mol. The van der Waals surface area contributed by atoms with Gasteiger partial charge in [0.1, 0.15) is 24.0 Å². The van der Waals surface area contributed by atoms with Gasteiger partial charge in [0, 0.05) is 36.1 Å². The number of halogens is 2. The lowest BCUT2D eigenvalue weighted by molar-refractivity contribution is -0.191. The lowest BCUT2D eigenvalue weighted by Gasteiger charge is -2.16. The molecule has 26 heavy (non-hydrogen) atoms. The second kappa shape index (κ2) is 8.87. The molecule has 2 aromatic rings. The van der Waals surface area contributed by atoms with E-state index < -0.39 is 23.5 Å². The molecule has 1 aliphatic rings. The first-order chi connectivity index (χ1) is 12.5. The van der Waals surface area contributed by atoms with E-state index in [2.05, 4.69) is 5.32 Å². The zero-order valence-electron chi connectivity index (χ0n) is 14.0. The molecule has 2 atom stereocenters. The summed E-state index contributed by atoms with van der Waals surface area (Å²) in [5.41, 5.74) is 0.861. The molecule has 0 unspecified atom stereocenters. The van der Waals surface area contributed by atoms with Gasteiger partial charge in [-0.05, 0) is 5.56 Å². The minimum absolute atomic E-state index is 0.0529. The van der Waals surface area contributed by atoms with E-state index in [0.717, 1.165) is 5.56 Å². The lowest BCUT2D eigenvalue weighted by atomic mass is 9.89. The van der Waals surface area contributed by atoms with Crippen LogP contribution in [0.2, 0.25) is 0 Å². The fourth-order valence-electron chi connectivity index (χ4n) is 2.82. The molecular weight excluding hydrogens is 344 g/mol. The Morgan fingerprint density at radius 2 is 1.73 bits per heavy atom. The van der Waals surface area contributed by atoms with Crippen LogP contribution >= 0.6 is 0 Å². The van der Waals surface area contributed by atoms with Gasteiger partial charge in [-0.15, -0.1) is 0 Å². The Morgan fingerprint density at radius 1 is 1.15 bits per heavy atom. The zero-order chi connectivity index (χ0) is 19.1. The van der Waals surface area contributed by atoms with Crippen molar-refractivity contribution >= 4 is 12.1 Å². The molecule has 0 spiro atoms. The highest BCUT2D eigenvalue weighted by Crippen LogP contribution is 2.34. The van der Waals surface area contributed by atoms with Crippen molar-refractivity contribution in [1.29, 1.82) is 0 Å². The Kier molecular flexibility index (Phi) is 6.58. The molecule has 0 bridgehead atoms. The number of benzene rings is 2. The van der Waals surface area contributed by atoms with Crippen molar-refractivity contribution in [3.05, 3.63) is 65.2 Å². The Morgan fingerprint density at radius 3 is 2.23 bits per heavy atom. The SMILES string of the molecule is C[C@@H]1C(=O)NC[C@H]1c1c(F)cc(OCc2ccccc2)cc1F.O=C=O. The van der Waals surface area contributed by atoms with Crippen LogP contribution in [0.1, 0.15) is 24.0 Å². The summed E-state index contributed by atoms with van der Waals surface area (Å²) in [6, 6.07) is 11.7. The van der Waals surface area contributed by atoms with Crippen LogP contribution in [0.15, 0.2) is 42.5 Å². The molecule has 7 heteroatoms. The van der Waals surface area contributed by atoms with Crippen LogP contribution in [0.4, 0.5) is 8.78 Å². The quantitative estimate of drug-likeness (QED) is 0.909. The zero-order valence-corrected chi connectivity index (χ0v) is 14.0. The maximum absolute atomic E-state index is 14.3. The number of nitrogens with one attached hydrogen (secondary N) is 1.